The van der Waals surface area contributed by atoms with E-state index < -0.39 is 5.91 Å². The average Bonchev–Trinajstić information content (AvgIpc) is 2.01. The van der Waals surface area contributed by atoms with E-state index in [2.05, 4.69) is 0 Å². The van der Waals surface area contributed by atoms with Crippen LogP contribution in [0.3, 0.4) is 0 Å². The second-order valence-electron chi connectivity index (χ2n) is 4.38. The highest BCUT2D eigenvalue weighted by Crippen LogP contribution is 2.26. The van der Waals surface area contributed by atoms with Gasteiger partial charge in [0.15, 0.2) is 0 Å². The molecule has 0 unspecified atom stereocenters. The van der Waals surface area contributed by atoms with E-state index in [0.29, 0.717) is 5.56 Å². The van der Waals surface area contributed by atoms with E-state index in [-0.39, 0.29) is 11.2 Å². The van der Waals surface area contributed by atoms with Crippen LogP contribution in [0.4, 0.5) is 0 Å². The Balaban J connectivity index is 3.28. The van der Waals surface area contributed by atoms with E-state index in [1.54, 1.807) is 12.1 Å². The van der Waals surface area contributed by atoms with Crippen molar-refractivity contribution in [2.24, 2.45) is 5.73 Å². The molecule has 0 aliphatic heterocycles. The number of nitrogens with two attached hydrogens (primary N) is 1. The van der Waals surface area contributed by atoms with E-state index in [4.69, 9.17) is 5.73 Å². The first-order valence-electron chi connectivity index (χ1n) is 4.45. The molecule has 1 rings (SSSR count). The normalized spacial score (nSPS) is 11.4. The third kappa shape index (κ3) is 2.25. The predicted octanol–water partition coefficient (Wildman–Crippen LogP) is 1.79. The molecule has 0 fully saturated rings. The quantitative estimate of drug-likeness (QED) is 0.714. The summed E-state index contributed by atoms with van der Waals surface area (Å²) in [6.45, 7) is 6.02. The number of primary amides is 1. The van der Waals surface area contributed by atoms with Crippen LogP contribution in [-0.2, 0) is 5.41 Å². The number of phenols is 1. The van der Waals surface area contributed by atoms with Crippen molar-refractivity contribution in [3.8, 4) is 5.75 Å². The van der Waals surface area contributed by atoms with Crippen molar-refractivity contribution in [2.75, 3.05) is 0 Å². The Morgan fingerprint density at radius 2 is 1.86 bits per heavy atom. The Kier molecular flexibility index (Phi) is 2.51. The molecular weight excluding hydrogens is 178 g/mol. The minimum Gasteiger partial charge on any atom is -0.508 e. The molecule has 3 nitrogen and oxygen atoms in total. The Bertz CT molecular complexity index is 364. The van der Waals surface area contributed by atoms with Gasteiger partial charge < -0.3 is 10.8 Å². The van der Waals surface area contributed by atoms with Gasteiger partial charge in [-0.3, -0.25) is 4.79 Å². The highest BCUT2D eigenvalue weighted by molar-refractivity contribution is 5.93. The number of aromatic hydroxyl groups is 1. The summed E-state index contributed by atoms with van der Waals surface area (Å²) in [7, 11) is 0. The Morgan fingerprint density at radius 3 is 2.29 bits per heavy atom. The van der Waals surface area contributed by atoms with Gasteiger partial charge in [0.1, 0.15) is 5.75 Å². The van der Waals surface area contributed by atoms with Crippen molar-refractivity contribution >= 4 is 5.91 Å². The predicted molar refractivity (Wildman–Crippen MR) is 55.3 cm³/mol. The molecule has 1 aromatic rings. The van der Waals surface area contributed by atoms with Gasteiger partial charge in [-0.15, -0.1) is 0 Å². The molecule has 0 atom stereocenters. The summed E-state index contributed by atoms with van der Waals surface area (Å²) in [5.74, 6) is -0.447. The summed E-state index contributed by atoms with van der Waals surface area (Å²) in [6, 6.07) is 4.73. The van der Waals surface area contributed by atoms with Gasteiger partial charge >= 0.3 is 0 Å². The topological polar surface area (TPSA) is 63.3 Å². The standard InChI is InChI=1S/C11H15NO2/c1-11(2,3)8-4-7(10(12)14)5-9(13)6-8/h4-6,13H,1-3H3,(H2,12,14). The highest BCUT2D eigenvalue weighted by atomic mass is 16.3. The second kappa shape index (κ2) is 3.33. The van der Waals surface area contributed by atoms with Crippen molar-refractivity contribution in [3.63, 3.8) is 0 Å². The maximum Gasteiger partial charge on any atom is 0.248 e. The van der Waals surface area contributed by atoms with Gasteiger partial charge in [-0.2, -0.15) is 0 Å². The van der Waals surface area contributed by atoms with Crippen LogP contribution in [0.5, 0.6) is 5.75 Å². The van der Waals surface area contributed by atoms with Crippen LogP contribution in [0.25, 0.3) is 0 Å². The SMILES string of the molecule is CC(C)(C)c1cc(O)cc(C(N)=O)c1. The molecule has 76 valence electrons. The van der Waals surface area contributed by atoms with Crippen LogP contribution >= 0.6 is 0 Å². The van der Waals surface area contributed by atoms with E-state index >= 15 is 0 Å². The van der Waals surface area contributed by atoms with Crippen molar-refractivity contribution < 1.29 is 9.90 Å². The average molecular weight is 193 g/mol. The fraction of sp³-hybridized carbons (Fsp3) is 0.364. The first-order valence-corrected chi connectivity index (χ1v) is 4.45. The summed E-state index contributed by atoms with van der Waals surface area (Å²) in [5, 5.41) is 9.40. The minimum absolute atomic E-state index is 0.0752. The largest absolute Gasteiger partial charge is 0.508 e. The summed E-state index contributed by atoms with van der Waals surface area (Å²) < 4.78 is 0. The van der Waals surface area contributed by atoms with Crippen LogP contribution < -0.4 is 5.73 Å². The zero-order chi connectivity index (χ0) is 10.9. The molecule has 0 spiro atoms. The summed E-state index contributed by atoms with van der Waals surface area (Å²) >= 11 is 0. The molecule has 0 heterocycles. The van der Waals surface area contributed by atoms with Crippen molar-refractivity contribution in [1.82, 2.24) is 0 Å². The molecule has 3 N–H and O–H groups in total. The van der Waals surface area contributed by atoms with Crippen molar-refractivity contribution in [2.45, 2.75) is 26.2 Å². The van der Waals surface area contributed by atoms with Crippen LogP contribution in [0.15, 0.2) is 18.2 Å². The molecule has 1 amide bonds. The van der Waals surface area contributed by atoms with Crippen molar-refractivity contribution in [3.05, 3.63) is 29.3 Å². The summed E-state index contributed by atoms with van der Waals surface area (Å²) in [6.07, 6.45) is 0. The maximum atomic E-state index is 10.9. The fourth-order valence-electron chi connectivity index (χ4n) is 1.19. The number of rotatable bonds is 1. The van der Waals surface area contributed by atoms with Crippen LogP contribution in [0, 0.1) is 0 Å². The lowest BCUT2D eigenvalue weighted by molar-refractivity contribution is 0.1000. The van der Waals surface area contributed by atoms with Gasteiger partial charge in [-0.05, 0) is 29.2 Å². The lowest BCUT2D eigenvalue weighted by Gasteiger charge is -2.19. The lowest BCUT2D eigenvalue weighted by atomic mass is 9.86. The molecular formula is C11H15NO2. The molecule has 0 aromatic heterocycles. The van der Waals surface area contributed by atoms with Gasteiger partial charge in [-0.25, -0.2) is 0 Å². The number of carbonyl (C=O) groups is 1. The molecule has 1 aromatic carbocycles. The van der Waals surface area contributed by atoms with Gasteiger partial charge in [-0.1, -0.05) is 20.8 Å². The Labute approximate surface area is 83.6 Å². The molecule has 0 saturated heterocycles. The third-order valence-corrected chi connectivity index (χ3v) is 2.07. The van der Waals surface area contributed by atoms with E-state index in [1.165, 1.54) is 6.07 Å². The third-order valence-electron chi connectivity index (χ3n) is 2.07. The van der Waals surface area contributed by atoms with E-state index in [9.17, 15) is 9.90 Å². The smallest absolute Gasteiger partial charge is 0.248 e. The maximum absolute atomic E-state index is 10.9. The van der Waals surface area contributed by atoms with Gasteiger partial charge in [0.25, 0.3) is 0 Å². The molecule has 0 aliphatic rings. The number of hydrogen-bond donors (Lipinski definition) is 2. The summed E-state index contributed by atoms with van der Waals surface area (Å²) in [5.41, 5.74) is 6.27. The summed E-state index contributed by atoms with van der Waals surface area (Å²) in [4.78, 5) is 10.9. The number of hydrogen-bond acceptors (Lipinski definition) is 2. The molecule has 0 bridgehead atoms. The lowest BCUT2D eigenvalue weighted by Crippen LogP contribution is -2.15. The first kappa shape index (κ1) is 10.6. The monoisotopic (exact) mass is 193 g/mol. The van der Waals surface area contributed by atoms with E-state index in [1.807, 2.05) is 20.8 Å². The first-order chi connectivity index (χ1) is 6.30. The Morgan fingerprint density at radius 1 is 1.29 bits per heavy atom. The molecule has 0 aliphatic carbocycles. The van der Waals surface area contributed by atoms with Gasteiger partial charge in [0, 0.05) is 5.56 Å². The molecule has 0 radical (unpaired) electrons. The van der Waals surface area contributed by atoms with Crippen LogP contribution in [-0.4, -0.2) is 11.0 Å². The fourth-order valence-corrected chi connectivity index (χ4v) is 1.19. The minimum atomic E-state index is -0.522. The second-order valence-corrected chi connectivity index (χ2v) is 4.38. The molecule has 14 heavy (non-hydrogen) atoms. The van der Waals surface area contributed by atoms with E-state index in [0.717, 1.165) is 5.56 Å². The van der Waals surface area contributed by atoms with Crippen molar-refractivity contribution in [1.29, 1.82) is 0 Å². The molecule has 0 saturated carbocycles. The number of benzene rings is 1. The number of amides is 1. The van der Waals surface area contributed by atoms with Crippen LogP contribution in [0.1, 0.15) is 36.7 Å². The van der Waals surface area contributed by atoms with Gasteiger partial charge in [0.05, 0.1) is 0 Å². The number of carbonyl (C=O) groups excluding carboxylic acids is 1. The highest BCUT2D eigenvalue weighted by Gasteiger charge is 2.16. The van der Waals surface area contributed by atoms with Crippen LogP contribution in [0.2, 0.25) is 0 Å². The molecule has 3 heteroatoms. The Hall–Kier alpha value is -1.51. The number of phenolic OH excluding ortho intramolecular Hbond substituents is 1. The van der Waals surface area contributed by atoms with Gasteiger partial charge in [0.2, 0.25) is 5.91 Å². The zero-order valence-corrected chi connectivity index (χ0v) is 8.66. The zero-order valence-electron chi connectivity index (χ0n) is 8.66.